The molecule has 1 unspecified atom stereocenters. The molecule has 0 spiro atoms. The zero-order valence-electron chi connectivity index (χ0n) is 11.4. The normalized spacial score (nSPS) is 18.9. The van der Waals surface area contributed by atoms with Gasteiger partial charge in [0.2, 0.25) is 4.96 Å². The topological polar surface area (TPSA) is 91.2 Å². The molecule has 1 aliphatic heterocycles. The van der Waals surface area contributed by atoms with Gasteiger partial charge in [0.15, 0.2) is 10.8 Å². The smallest absolute Gasteiger partial charge is 0.235 e. The van der Waals surface area contributed by atoms with Gasteiger partial charge in [-0.25, -0.2) is 4.98 Å². The molecule has 4 rings (SSSR count). The Hall–Kier alpha value is -1.42. The van der Waals surface area contributed by atoms with E-state index >= 15 is 0 Å². The first-order valence-electron chi connectivity index (χ1n) is 6.73. The Bertz CT molecular complexity index is 785. The summed E-state index contributed by atoms with van der Waals surface area (Å²) in [4.78, 5) is 6.34. The Labute approximate surface area is 128 Å². The maximum absolute atomic E-state index is 5.66. The van der Waals surface area contributed by atoms with Gasteiger partial charge in [0, 0.05) is 19.1 Å². The van der Waals surface area contributed by atoms with E-state index in [1.807, 2.05) is 11.4 Å². The van der Waals surface area contributed by atoms with Crippen molar-refractivity contribution in [3.05, 3.63) is 16.5 Å². The molecule has 1 atom stereocenters. The first kappa shape index (κ1) is 13.3. The predicted molar refractivity (Wildman–Crippen MR) is 80.6 cm³/mol. The van der Waals surface area contributed by atoms with Crippen LogP contribution in [0.15, 0.2) is 0 Å². The van der Waals surface area contributed by atoms with Crippen LogP contribution < -0.4 is 5.73 Å². The maximum Gasteiger partial charge on any atom is 0.235 e. The summed E-state index contributed by atoms with van der Waals surface area (Å²) in [7, 11) is 0. The lowest BCUT2D eigenvalue weighted by atomic mass is 10.1. The van der Waals surface area contributed by atoms with Crippen molar-refractivity contribution in [3.63, 3.8) is 0 Å². The lowest BCUT2D eigenvalue weighted by molar-refractivity contribution is 0.193. The van der Waals surface area contributed by atoms with Gasteiger partial charge in [-0.1, -0.05) is 11.3 Å². The fraction of sp³-hybridized carbons (Fsp3) is 0.500. The van der Waals surface area contributed by atoms with Gasteiger partial charge >= 0.3 is 0 Å². The molecule has 0 aliphatic carbocycles. The molecular weight excluding hydrogens is 308 g/mol. The Morgan fingerprint density at radius 1 is 1.38 bits per heavy atom. The molecule has 1 saturated heterocycles. The van der Waals surface area contributed by atoms with Crippen molar-refractivity contribution in [2.24, 2.45) is 5.73 Å². The second-order valence-corrected chi connectivity index (χ2v) is 6.99. The third-order valence-electron chi connectivity index (χ3n) is 3.52. The highest BCUT2D eigenvalue weighted by Crippen LogP contribution is 2.34. The van der Waals surface area contributed by atoms with Gasteiger partial charge in [-0.2, -0.15) is 9.61 Å². The van der Waals surface area contributed by atoms with E-state index in [4.69, 9.17) is 10.5 Å². The molecule has 0 saturated carbocycles. The van der Waals surface area contributed by atoms with Gasteiger partial charge in [0.25, 0.3) is 0 Å². The van der Waals surface area contributed by atoms with Crippen LogP contribution in [-0.2, 0) is 11.3 Å². The molecule has 0 bridgehead atoms. The van der Waals surface area contributed by atoms with E-state index < -0.39 is 0 Å². The van der Waals surface area contributed by atoms with Gasteiger partial charge in [-0.15, -0.1) is 21.5 Å². The van der Waals surface area contributed by atoms with Crippen molar-refractivity contribution in [2.45, 2.75) is 25.8 Å². The quantitative estimate of drug-likeness (QED) is 0.787. The van der Waals surface area contributed by atoms with Gasteiger partial charge in [-0.3, -0.25) is 0 Å². The first-order chi connectivity index (χ1) is 10.3. The van der Waals surface area contributed by atoms with Crippen LogP contribution in [0.4, 0.5) is 0 Å². The number of nitrogens with two attached hydrogens (primary N) is 1. The van der Waals surface area contributed by atoms with Gasteiger partial charge in [-0.05, 0) is 13.3 Å². The van der Waals surface area contributed by atoms with Crippen molar-refractivity contribution < 1.29 is 4.74 Å². The number of hydrogen-bond acceptors (Lipinski definition) is 8. The molecule has 9 heteroatoms. The number of thiazole rings is 1. The zero-order chi connectivity index (χ0) is 14.4. The molecule has 3 aromatic heterocycles. The van der Waals surface area contributed by atoms with Gasteiger partial charge < -0.3 is 10.5 Å². The van der Waals surface area contributed by atoms with Crippen molar-refractivity contribution in [1.29, 1.82) is 0 Å². The summed E-state index contributed by atoms with van der Waals surface area (Å²) in [5, 5.41) is 15.0. The summed E-state index contributed by atoms with van der Waals surface area (Å²) in [6, 6.07) is 0. The van der Waals surface area contributed by atoms with Crippen LogP contribution in [0, 0.1) is 6.92 Å². The molecular formula is C12H14N6OS2. The van der Waals surface area contributed by atoms with E-state index in [9.17, 15) is 0 Å². The molecule has 1 aliphatic rings. The summed E-state index contributed by atoms with van der Waals surface area (Å²) >= 11 is 3.13. The van der Waals surface area contributed by atoms with Crippen LogP contribution in [-0.4, -0.2) is 38.0 Å². The van der Waals surface area contributed by atoms with Crippen LogP contribution in [0.3, 0.4) is 0 Å². The molecule has 0 aromatic carbocycles. The second-order valence-electron chi connectivity index (χ2n) is 4.95. The van der Waals surface area contributed by atoms with Crippen LogP contribution in [0.25, 0.3) is 14.8 Å². The lowest BCUT2D eigenvalue weighted by Gasteiger charge is -2.01. The minimum atomic E-state index is 0.289. The molecule has 0 radical (unpaired) electrons. The molecule has 21 heavy (non-hydrogen) atoms. The number of ether oxygens (including phenoxy) is 1. The van der Waals surface area contributed by atoms with E-state index in [0.717, 1.165) is 44.4 Å². The average molecular weight is 322 g/mol. The molecule has 2 N–H and O–H groups in total. The fourth-order valence-corrected chi connectivity index (χ4v) is 4.37. The molecule has 1 fully saturated rings. The summed E-state index contributed by atoms with van der Waals surface area (Å²) in [5.41, 5.74) is 6.63. The Morgan fingerprint density at radius 2 is 2.29 bits per heavy atom. The SMILES string of the molecule is Cc1nc(CN)sc1-c1nn2c(C3CCOC3)nnc2s1. The summed E-state index contributed by atoms with van der Waals surface area (Å²) < 4.78 is 7.28. The number of aryl methyl sites for hydroxylation is 1. The third-order valence-corrected chi connectivity index (χ3v) is 5.75. The first-order valence-corrected chi connectivity index (χ1v) is 8.36. The van der Waals surface area contributed by atoms with Crippen molar-refractivity contribution >= 4 is 27.6 Å². The van der Waals surface area contributed by atoms with Crippen LogP contribution in [0.2, 0.25) is 0 Å². The number of nitrogens with zero attached hydrogens (tertiary/aromatic N) is 5. The lowest BCUT2D eigenvalue weighted by Crippen LogP contribution is -2.04. The van der Waals surface area contributed by atoms with Gasteiger partial charge in [0.05, 0.1) is 17.2 Å². The van der Waals surface area contributed by atoms with Crippen LogP contribution in [0.5, 0.6) is 0 Å². The Kier molecular flexibility index (Phi) is 3.21. The summed E-state index contributed by atoms with van der Waals surface area (Å²) in [6.45, 7) is 3.92. The largest absolute Gasteiger partial charge is 0.381 e. The Morgan fingerprint density at radius 3 is 3.00 bits per heavy atom. The highest BCUT2D eigenvalue weighted by atomic mass is 32.1. The molecule has 110 valence electrons. The van der Waals surface area contributed by atoms with E-state index in [1.165, 1.54) is 11.3 Å². The van der Waals surface area contributed by atoms with Crippen molar-refractivity contribution in [2.75, 3.05) is 13.2 Å². The number of fused-ring (bicyclic) bond motifs is 1. The highest BCUT2D eigenvalue weighted by molar-refractivity contribution is 7.24. The number of hydrogen-bond donors (Lipinski definition) is 1. The van der Waals surface area contributed by atoms with Crippen molar-refractivity contribution in [1.82, 2.24) is 24.8 Å². The minimum absolute atomic E-state index is 0.289. The standard InChI is InChI=1S/C12H14N6OS2/c1-6-9(20-8(4-13)14-6)11-17-18-10(7-2-3-19-5-7)15-16-12(18)21-11/h7H,2-5,13H2,1H3. The van der Waals surface area contributed by atoms with Crippen LogP contribution in [0.1, 0.15) is 28.9 Å². The maximum atomic E-state index is 5.66. The van der Waals surface area contributed by atoms with Crippen molar-refractivity contribution in [3.8, 4) is 9.88 Å². The van der Waals surface area contributed by atoms with Crippen LogP contribution >= 0.6 is 22.7 Å². The molecule has 7 nitrogen and oxygen atoms in total. The van der Waals surface area contributed by atoms with E-state index in [2.05, 4.69) is 20.3 Å². The number of aromatic nitrogens is 5. The van der Waals surface area contributed by atoms with E-state index in [-0.39, 0.29) is 5.92 Å². The summed E-state index contributed by atoms with van der Waals surface area (Å²) in [5.74, 6) is 1.18. The third kappa shape index (κ3) is 2.16. The average Bonchev–Trinajstić information content (AvgIpc) is 3.20. The highest BCUT2D eigenvalue weighted by Gasteiger charge is 2.25. The molecule has 3 aromatic rings. The number of rotatable bonds is 3. The summed E-state index contributed by atoms with van der Waals surface area (Å²) in [6.07, 6.45) is 0.977. The molecule has 0 amide bonds. The zero-order valence-corrected chi connectivity index (χ0v) is 13.1. The monoisotopic (exact) mass is 322 g/mol. The van der Waals surface area contributed by atoms with E-state index in [1.54, 1.807) is 11.3 Å². The second kappa shape index (κ2) is 5.09. The van der Waals surface area contributed by atoms with Gasteiger partial charge in [0.1, 0.15) is 5.01 Å². The fourth-order valence-electron chi connectivity index (χ4n) is 2.45. The minimum Gasteiger partial charge on any atom is -0.381 e. The predicted octanol–water partition coefficient (Wildman–Crippen LogP) is 1.58. The van der Waals surface area contributed by atoms with E-state index in [0.29, 0.717) is 13.2 Å². The molecule has 4 heterocycles. The Balaban J connectivity index is 1.78.